The molecule has 0 aliphatic rings. The van der Waals surface area contributed by atoms with E-state index in [4.69, 9.17) is 5.84 Å². The van der Waals surface area contributed by atoms with E-state index >= 15 is 0 Å². The molecule has 0 bridgehead atoms. The van der Waals surface area contributed by atoms with Crippen molar-refractivity contribution in [3.05, 3.63) is 48.0 Å². The summed E-state index contributed by atoms with van der Waals surface area (Å²) in [5, 5.41) is 0. The molecule has 0 fully saturated rings. The van der Waals surface area contributed by atoms with Crippen molar-refractivity contribution in [2.75, 3.05) is 6.26 Å². The fraction of sp³-hybridized carbons (Fsp3) is 0.308. The predicted molar refractivity (Wildman–Crippen MR) is 75.2 cm³/mol. The van der Waals surface area contributed by atoms with Crippen molar-refractivity contribution in [3.8, 4) is 0 Å². The van der Waals surface area contributed by atoms with Crippen LogP contribution in [0.25, 0.3) is 0 Å². The third-order valence-corrected chi connectivity index (χ3v) is 3.83. The molecule has 2 aromatic rings. The highest BCUT2D eigenvalue weighted by Crippen LogP contribution is 2.27. The number of imidazole rings is 1. The van der Waals surface area contributed by atoms with E-state index in [0.717, 1.165) is 12.2 Å². The van der Waals surface area contributed by atoms with Gasteiger partial charge in [0.15, 0.2) is 0 Å². The van der Waals surface area contributed by atoms with Crippen molar-refractivity contribution in [2.45, 2.75) is 17.4 Å². The first-order valence-corrected chi connectivity index (χ1v) is 7.04. The Kier molecular flexibility index (Phi) is 4.41. The van der Waals surface area contributed by atoms with Crippen molar-refractivity contribution >= 4 is 11.8 Å². The van der Waals surface area contributed by atoms with Crippen LogP contribution in [0.5, 0.6) is 0 Å². The largest absolute Gasteiger partial charge is 0.338 e. The number of nitrogens with one attached hydrogen (secondary N) is 1. The molecule has 0 aliphatic heterocycles. The van der Waals surface area contributed by atoms with Crippen molar-refractivity contribution in [3.63, 3.8) is 0 Å². The normalized spacial score (nSPS) is 12.6. The number of hydrogen-bond acceptors (Lipinski definition) is 4. The summed E-state index contributed by atoms with van der Waals surface area (Å²) < 4.78 is 2.02. The first-order chi connectivity index (χ1) is 8.76. The van der Waals surface area contributed by atoms with E-state index in [2.05, 4.69) is 28.8 Å². The van der Waals surface area contributed by atoms with Gasteiger partial charge in [-0.05, 0) is 17.9 Å². The maximum Gasteiger partial charge on any atom is 0.110 e. The van der Waals surface area contributed by atoms with Gasteiger partial charge in [-0.15, -0.1) is 11.8 Å². The summed E-state index contributed by atoms with van der Waals surface area (Å²) in [6.45, 7) is 0. The number of hydrazine groups is 1. The lowest BCUT2D eigenvalue weighted by molar-refractivity contribution is 0.523. The van der Waals surface area contributed by atoms with Gasteiger partial charge in [-0.1, -0.05) is 18.2 Å². The van der Waals surface area contributed by atoms with Crippen molar-refractivity contribution in [2.24, 2.45) is 12.9 Å². The number of hydrogen-bond donors (Lipinski definition) is 2. The number of aryl methyl sites for hydroxylation is 1. The molecule has 0 radical (unpaired) electrons. The molecule has 96 valence electrons. The maximum absolute atomic E-state index is 5.70. The second-order valence-corrected chi connectivity index (χ2v) is 4.97. The number of nitrogens with zero attached hydrogens (tertiary/aromatic N) is 2. The summed E-state index contributed by atoms with van der Waals surface area (Å²) in [4.78, 5) is 5.59. The van der Waals surface area contributed by atoms with Gasteiger partial charge in [-0.3, -0.25) is 11.3 Å². The standard InChI is InChI=1S/C13H18N4S/c1-17-8-7-15-13(17)9-11(16-14)10-5-3-4-6-12(10)18-2/h3-8,11,16H,9,14H2,1-2H3. The Morgan fingerprint density at radius 1 is 1.44 bits per heavy atom. The van der Waals surface area contributed by atoms with E-state index in [1.165, 1.54) is 10.5 Å². The topological polar surface area (TPSA) is 55.9 Å². The Balaban J connectivity index is 2.25. The van der Waals surface area contributed by atoms with Crippen LogP contribution in [0.15, 0.2) is 41.6 Å². The van der Waals surface area contributed by atoms with Crippen LogP contribution in [0.1, 0.15) is 17.4 Å². The summed E-state index contributed by atoms with van der Waals surface area (Å²) in [5.41, 5.74) is 4.11. The first kappa shape index (κ1) is 13.1. The fourth-order valence-corrected chi connectivity index (χ4v) is 2.65. The Labute approximate surface area is 112 Å². The average molecular weight is 262 g/mol. The summed E-state index contributed by atoms with van der Waals surface area (Å²) >= 11 is 1.73. The highest BCUT2D eigenvalue weighted by atomic mass is 32.2. The predicted octanol–water partition coefficient (Wildman–Crippen LogP) is 1.89. The number of aromatic nitrogens is 2. The highest BCUT2D eigenvalue weighted by Gasteiger charge is 2.15. The van der Waals surface area contributed by atoms with Gasteiger partial charge in [-0.25, -0.2) is 4.98 Å². The van der Waals surface area contributed by atoms with Gasteiger partial charge in [0.1, 0.15) is 5.82 Å². The zero-order valence-corrected chi connectivity index (χ0v) is 11.4. The van der Waals surface area contributed by atoms with Crippen molar-refractivity contribution in [1.29, 1.82) is 0 Å². The van der Waals surface area contributed by atoms with Gasteiger partial charge in [0.2, 0.25) is 0 Å². The molecule has 4 nitrogen and oxygen atoms in total. The van der Waals surface area contributed by atoms with Gasteiger partial charge in [-0.2, -0.15) is 0 Å². The number of rotatable bonds is 5. The molecule has 0 aliphatic carbocycles. The van der Waals surface area contributed by atoms with Gasteiger partial charge < -0.3 is 4.57 Å². The minimum atomic E-state index is 0.0785. The Hall–Kier alpha value is -1.30. The number of benzene rings is 1. The van der Waals surface area contributed by atoms with E-state index in [0.29, 0.717) is 0 Å². The number of thioether (sulfide) groups is 1. The lowest BCUT2D eigenvalue weighted by Crippen LogP contribution is -2.30. The van der Waals surface area contributed by atoms with Crippen LogP contribution in [0.2, 0.25) is 0 Å². The molecule has 0 amide bonds. The van der Waals surface area contributed by atoms with Crippen LogP contribution in [-0.4, -0.2) is 15.8 Å². The van der Waals surface area contributed by atoms with Crippen molar-refractivity contribution < 1.29 is 0 Å². The molecule has 1 aromatic carbocycles. The van der Waals surface area contributed by atoms with Crippen LogP contribution in [0, 0.1) is 0 Å². The zero-order valence-electron chi connectivity index (χ0n) is 10.6. The second-order valence-electron chi connectivity index (χ2n) is 4.12. The first-order valence-electron chi connectivity index (χ1n) is 5.81. The lowest BCUT2D eigenvalue weighted by Gasteiger charge is -2.18. The Morgan fingerprint density at radius 3 is 2.83 bits per heavy atom. The minimum absolute atomic E-state index is 0.0785. The van der Waals surface area contributed by atoms with Crippen LogP contribution < -0.4 is 11.3 Å². The minimum Gasteiger partial charge on any atom is -0.338 e. The maximum atomic E-state index is 5.70. The van der Waals surface area contributed by atoms with Crippen LogP contribution >= 0.6 is 11.8 Å². The monoisotopic (exact) mass is 262 g/mol. The zero-order chi connectivity index (χ0) is 13.0. The summed E-state index contributed by atoms with van der Waals surface area (Å²) in [5.74, 6) is 6.72. The summed E-state index contributed by atoms with van der Waals surface area (Å²) in [6.07, 6.45) is 6.61. The molecule has 0 saturated carbocycles. The summed E-state index contributed by atoms with van der Waals surface area (Å²) in [7, 11) is 2.00. The molecule has 1 aromatic heterocycles. The molecular weight excluding hydrogens is 244 g/mol. The third kappa shape index (κ3) is 2.75. The Morgan fingerprint density at radius 2 is 2.22 bits per heavy atom. The molecule has 5 heteroatoms. The van der Waals surface area contributed by atoms with E-state index < -0.39 is 0 Å². The smallest absolute Gasteiger partial charge is 0.110 e. The van der Waals surface area contributed by atoms with E-state index in [1.807, 2.05) is 36.1 Å². The van der Waals surface area contributed by atoms with Gasteiger partial charge in [0, 0.05) is 30.8 Å². The van der Waals surface area contributed by atoms with Crippen LogP contribution in [0.4, 0.5) is 0 Å². The molecule has 0 saturated heterocycles. The second kappa shape index (κ2) is 6.04. The molecule has 3 N–H and O–H groups in total. The van der Waals surface area contributed by atoms with Gasteiger partial charge in [0.05, 0.1) is 6.04 Å². The molecule has 2 rings (SSSR count). The van der Waals surface area contributed by atoms with Crippen LogP contribution in [0.3, 0.4) is 0 Å². The lowest BCUT2D eigenvalue weighted by atomic mass is 10.0. The highest BCUT2D eigenvalue weighted by molar-refractivity contribution is 7.98. The third-order valence-electron chi connectivity index (χ3n) is 3.02. The molecule has 0 spiro atoms. The quantitative estimate of drug-likeness (QED) is 0.491. The van der Waals surface area contributed by atoms with E-state index in [1.54, 1.807) is 11.8 Å². The van der Waals surface area contributed by atoms with Gasteiger partial charge in [0.25, 0.3) is 0 Å². The van der Waals surface area contributed by atoms with Crippen LogP contribution in [-0.2, 0) is 13.5 Å². The van der Waals surface area contributed by atoms with E-state index in [9.17, 15) is 0 Å². The molecular formula is C13H18N4S. The molecule has 1 heterocycles. The number of nitrogens with two attached hydrogens (primary N) is 1. The average Bonchev–Trinajstić information content (AvgIpc) is 2.81. The SMILES string of the molecule is CSc1ccccc1C(Cc1nccn1C)NN. The van der Waals surface area contributed by atoms with Crippen molar-refractivity contribution in [1.82, 2.24) is 15.0 Å². The molecule has 1 atom stereocenters. The van der Waals surface area contributed by atoms with Gasteiger partial charge >= 0.3 is 0 Å². The Bertz CT molecular complexity index is 509. The molecule has 1 unspecified atom stereocenters. The fourth-order valence-electron chi connectivity index (χ4n) is 1.99. The molecule has 18 heavy (non-hydrogen) atoms. The van der Waals surface area contributed by atoms with E-state index in [-0.39, 0.29) is 6.04 Å². The summed E-state index contributed by atoms with van der Waals surface area (Å²) in [6, 6.07) is 8.39.